The van der Waals surface area contributed by atoms with Crippen LogP contribution in [-0.4, -0.2) is 63.7 Å². The smallest absolute Gasteiger partial charge is 0.410 e. The predicted molar refractivity (Wildman–Crippen MR) is 131 cm³/mol. The Bertz CT molecular complexity index is 1040. The SMILES string of the molecule is CCc1cc(CN2CCN(C(=O)OCc3ccccc3)[C@@H](C)C2)ccc1C(CC)(C(=O)O)C(=O)O. The summed E-state index contributed by atoms with van der Waals surface area (Å²) in [5.41, 5.74) is 1.04. The third-order valence-electron chi connectivity index (χ3n) is 6.83. The second-order valence-electron chi connectivity index (χ2n) is 9.03. The fraction of sp³-hybridized carbons (Fsp3) is 0.444. The monoisotopic (exact) mass is 482 g/mol. The van der Waals surface area contributed by atoms with Gasteiger partial charge in [-0.2, -0.15) is 0 Å². The molecular formula is C27H34N2O6. The third-order valence-corrected chi connectivity index (χ3v) is 6.83. The van der Waals surface area contributed by atoms with Crippen molar-refractivity contribution in [1.29, 1.82) is 0 Å². The summed E-state index contributed by atoms with van der Waals surface area (Å²) in [6.45, 7) is 8.24. The number of hydrogen-bond donors (Lipinski definition) is 2. The van der Waals surface area contributed by atoms with E-state index in [1.54, 1.807) is 17.9 Å². The van der Waals surface area contributed by atoms with E-state index in [9.17, 15) is 24.6 Å². The normalized spacial score (nSPS) is 16.7. The van der Waals surface area contributed by atoms with Gasteiger partial charge in [-0.25, -0.2) is 4.79 Å². The van der Waals surface area contributed by atoms with Crippen LogP contribution in [0.25, 0.3) is 0 Å². The number of aryl methyl sites for hydroxylation is 1. The quantitative estimate of drug-likeness (QED) is 0.522. The fourth-order valence-corrected chi connectivity index (χ4v) is 4.78. The minimum Gasteiger partial charge on any atom is -0.480 e. The van der Waals surface area contributed by atoms with Crippen LogP contribution in [0.15, 0.2) is 48.5 Å². The van der Waals surface area contributed by atoms with E-state index in [4.69, 9.17) is 4.74 Å². The lowest BCUT2D eigenvalue weighted by Gasteiger charge is -2.39. The highest BCUT2D eigenvalue weighted by atomic mass is 16.6. The van der Waals surface area contributed by atoms with Gasteiger partial charge >= 0.3 is 18.0 Å². The molecule has 0 saturated carbocycles. The van der Waals surface area contributed by atoms with Gasteiger partial charge in [0, 0.05) is 32.2 Å². The molecule has 1 aliphatic heterocycles. The summed E-state index contributed by atoms with van der Waals surface area (Å²) in [6, 6.07) is 14.9. The van der Waals surface area contributed by atoms with Crippen molar-refractivity contribution in [2.75, 3.05) is 19.6 Å². The van der Waals surface area contributed by atoms with E-state index in [1.165, 1.54) is 0 Å². The Morgan fingerprint density at radius 2 is 1.69 bits per heavy atom. The van der Waals surface area contributed by atoms with Crippen molar-refractivity contribution in [1.82, 2.24) is 9.80 Å². The molecule has 0 aliphatic carbocycles. The molecule has 0 radical (unpaired) electrons. The van der Waals surface area contributed by atoms with Crippen LogP contribution in [0.1, 0.15) is 49.4 Å². The molecule has 35 heavy (non-hydrogen) atoms. The Balaban J connectivity index is 1.66. The molecule has 188 valence electrons. The summed E-state index contributed by atoms with van der Waals surface area (Å²) in [4.78, 5) is 40.5. The molecule has 0 aromatic heterocycles. The first-order valence-corrected chi connectivity index (χ1v) is 12.0. The van der Waals surface area contributed by atoms with Crippen LogP contribution in [-0.2, 0) is 39.3 Å². The highest BCUT2D eigenvalue weighted by Gasteiger charge is 2.47. The van der Waals surface area contributed by atoms with Gasteiger partial charge in [-0.3, -0.25) is 14.5 Å². The van der Waals surface area contributed by atoms with Crippen LogP contribution >= 0.6 is 0 Å². The second-order valence-corrected chi connectivity index (χ2v) is 9.03. The molecule has 2 aromatic carbocycles. The van der Waals surface area contributed by atoms with E-state index >= 15 is 0 Å². The number of carbonyl (C=O) groups excluding carboxylic acids is 1. The van der Waals surface area contributed by atoms with Crippen molar-refractivity contribution in [3.63, 3.8) is 0 Å². The zero-order chi connectivity index (χ0) is 25.6. The van der Waals surface area contributed by atoms with Crippen LogP contribution in [0.3, 0.4) is 0 Å². The molecule has 2 N–H and O–H groups in total. The van der Waals surface area contributed by atoms with E-state index < -0.39 is 17.4 Å². The number of piperazine rings is 1. The van der Waals surface area contributed by atoms with Gasteiger partial charge in [0.25, 0.3) is 0 Å². The van der Waals surface area contributed by atoms with Crippen molar-refractivity contribution in [3.05, 3.63) is 70.8 Å². The van der Waals surface area contributed by atoms with Crippen molar-refractivity contribution < 1.29 is 29.3 Å². The molecule has 1 heterocycles. The van der Waals surface area contributed by atoms with E-state index in [0.717, 1.165) is 16.7 Å². The number of benzene rings is 2. The van der Waals surface area contributed by atoms with E-state index in [-0.39, 0.29) is 25.2 Å². The first kappa shape index (κ1) is 26.2. The number of carboxylic acids is 2. The Morgan fingerprint density at radius 3 is 2.26 bits per heavy atom. The Kier molecular flexibility index (Phi) is 8.51. The molecule has 1 saturated heterocycles. The molecule has 3 rings (SSSR count). The average molecular weight is 483 g/mol. The minimum atomic E-state index is -1.95. The van der Waals surface area contributed by atoms with Crippen molar-refractivity contribution in [2.45, 2.75) is 58.2 Å². The maximum absolute atomic E-state index is 12.6. The number of aliphatic carboxylic acids is 2. The summed E-state index contributed by atoms with van der Waals surface area (Å²) < 4.78 is 5.49. The van der Waals surface area contributed by atoms with E-state index in [2.05, 4.69) is 4.90 Å². The molecule has 0 bridgehead atoms. The molecular weight excluding hydrogens is 448 g/mol. The van der Waals surface area contributed by atoms with Gasteiger partial charge in [0.1, 0.15) is 6.61 Å². The highest BCUT2D eigenvalue weighted by molar-refractivity contribution is 6.05. The Morgan fingerprint density at radius 1 is 1.00 bits per heavy atom. The summed E-state index contributed by atoms with van der Waals surface area (Å²) in [6.07, 6.45) is 0.170. The lowest BCUT2D eigenvalue weighted by Crippen LogP contribution is -2.53. The van der Waals surface area contributed by atoms with Crippen LogP contribution in [0.5, 0.6) is 0 Å². The van der Waals surface area contributed by atoms with Gasteiger partial charge in [-0.1, -0.05) is 62.4 Å². The van der Waals surface area contributed by atoms with Crippen LogP contribution in [0, 0.1) is 0 Å². The second kappa shape index (κ2) is 11.4. The molecule has 1 fully saturated rings. The summed E-state index contributed by atoms with van der Waals surface area (Å²) >= 11 is 0. The number of ether oxygens (including phenoxy) is 1. The topological polar surface area (TPSA) is 107 Å². The molecule has 8 heteroatoms. The maximum Gasteiger partial charge on any atom is 0.410 e. The van der Waals surface area contributed by atoms with Gasteiger partial charge in [0.05, 0.1) is 0 Å². The number of nitrogens with zero attached hydrogens (tertiary/aromatic N) is 2. The van der Waals surface area contributed by atoms with E-state index in [1.807, 2.05) is 56.3 Å². The molecule has 8 nitrogen and oxygen atoms in total. The summed E-state index contributed by atoms with van der Waals surface area (Å²) in [5.74, 6) is -2.70. The molecule has 1 aliphatic rings. The standard InChI is InChI=1S/C27H34N2O6/c1-4-22-15-21(11-12-23(22)27(5-2,24(30)31)25(32)33)17-28-13-14-29(19(3)16-28)26(34)35-18-20-9-7-6-8-10-20/h6-12,15,19H,4-5,13-14,16-18H2,1-3H3,(H,30,31)(H,32,33)/t19-/m0/s1. The van der Waals surface area contributed by atoms with Crippen molar-refractivity contribution >= 4 is 18.0 Å². The van der Waals surface area contributed by atoms with Crippen molar-refractivity contribution in [3.8, 4) is 0 Å². The number of rotatable bonds is 9. The summed E-state index contributed by atoms with van der Waals surface area (Å²) in [5, 5.41) is 19.5. The van der Waals surface area contributed by atoms with E-state index in [0.29, 0.717) is 38.2 Å². The van der Waals surface area contributed by atoms with Gasteiger partial charge in [-0.05, 0) is 42.0 Å². The zero-order valence-electron chi connectivity index (χ0n) is 20.6. The van der Waals surface area contributed by atoms with Crippen LogP contribution in [0.4, 0.5) is 4.79 Å². The fourth-order valence-electron chi connectivity index (χ4n) is 4.78. The predicted octanol–water partition coefficient (Wildman–Crippen LogP) is 3.91. The molecule has 1 amide bonds. The largest absolute Gasteiger partial charge is 0.480 e. The summed E-state index contributed by atoms with van der Waals surface area (Å²) in [7, 11) is 0. The lowest BCUT2D eigenvalue weighted by atomic mass is 9.75. The number of amides is 1. The first-order chi connectivity index (χ1) is 16.7. The molecule has 1 atom stereocenters. The van der Waals surface area contributed by atoms with Gasteiger partial charge < -0.3 is 19.8 Å². The number of hydrogen-bond acceptors (Lipinski definition) is 5. The lowest BCUT2D eigenvalue weighted by molar-refractivity contribution is -0.157. The first-order valence-electron chi connectivity index (χ1n) is 12.0. The van der Waals surface area contributed by atoms with Gasteiger partial charge in [0.15, 0.2) is 5.41 Å². The Hall–Kier alpha value is -3.39. The molecule has 0 spiro atoms. The van der Waals surface area contributed by atoms with Gasteiger partial charge in [0.2, 0.25) is 0 Å². The maximum atomic E-state index is 12.6. The zero-order valence-corrected chi connectivity index (χ0v) is 20.6. The number of carboxylic acid groups (broad SMARTS) is 2. The highest BCUT2D eigenvalue weighted by Crippen LogP contribution is 2.33. The Labute approximate surface area is 206 Å². The minimum absolute atomic E-state index is 0.0243. The van der Waals surface area contributed by atoms with Crippen LogP contribution < -0.4 is 0 Å². The van der Waals surface area contributed by atoms with Crippen LogP contribution in [0.2, 0.25) is 0 Å². The molecule has 0 unspecified atom stereocenters. The molecule has 2 aromatic rings. The van der Waals surface area contributed by atoms with Gasteiger partial charge in [-0.15, -0.1) is 0 Å². The average Bonchev–Trinajstić information content (AvgIpc) is 2.84. The van der Waals surface area contributed by atoms with Crippen molar-refractivity contribution in [2.24, 2.45) is 0 Å². The number of carbonyl (C=O) groups is 3. The third kappa shape index (κ3) is 5.65.